The number of fused-ring (bicyclic) bond motifs is 1. The van der Waals surface area contributed by atoms with Crippen LogP contribution in [0.3, 0.4) is 0 Å². The molecule has 2 aromatic rings. The zero-order valence-electron chi connectivity index (χ0n) is 18.5. The van der Waals surface area contributed by atoms with Crippen molar-refractivity contribution < 1.29 is 26.9 Å². The van der Waals surface area contributed by atoms with Gasteiger partial charge in [-0.25, -0.2) is 16.8 Å². The average Bonchev–Trinajstić information content (AvgIpc) is 3.17. The molecule has 1 aromatic heterocycles. The lowest BCUT2D eigenvalue weighted by atomic mass is 9.79. The number of rotatable bonds is 4. The summed E-state index contributed by atoms with van der Waals surface area (Å²) in [6.45, 7) is 9.21. The van der Waals surface area contributed by atoms with Crippen LogP contribution >= 0.6 is 0 Å². The topological polar surface area (TPSA) is 79.1 Å². The molecule has 4 rings (SSSR count). The fourth-order valence-corrected chi connectivity index (χ4v) is 5.02. The number of nitrogens with zero attached hydrogens (tertiary/aromatic N) is 2. The molecule has 0 spiro atoms. The van der Waals surface area contributed by atoms with Gasteiger partial charge in [0.1, 0.15) is 5.76 Å². The third kappa shape index (κ3) is 3.41. The predicted octanol–water partition coefficient (Wildman–Crippen LogP) is 1.06. The molecule has 1 aromatic carbocycles. The van der Waals surface area contributed by atoms with E-state index in [4.69, 9.17) is 14.0 Å². The predicted molar refractivity (Wildman–Crippen MR) is 115 cm³/mol. The van der Waals surface area contributed by atoms with E-state index < -0.39 is 34.5 Å². The molecular weight excluding hydrogens is 422 g/mol. The van der Waals surface area contributed by atoms with E-state index in [1.807, 2.05) is 34.6 Å². The summed E-state index contributed by atoms with van der Waals surface area (Å²) in [5.74, 6) is 0.0209. The molecule has 166 valence electrons. The van der Waals surface area contributed by atoms with E-state index in [1.165, 1.54) is 25.4 Å². The van der Waals surface area contributed by atoms with Crippen molar-refractivity contribution in [3.63, 3.8) is 0 Å². The molecule has 31 heavy (non-hydrogen) atoms. The van der Waals surface area contributed by atoms with Gasteiger partial charge in [-0.1, -0.05) is 17.7 Å². The highest BCUT2D eigenvalue weighted by molar-refractivity contribution is 7.90. The van der Waals surface area contributed by atoms with Gasteiger partial charge in [0.25, 0.3) is 10.0 Å². The first-order chi connectivity index (χ1) is 14.4. The minimum atomic E-state index is -3.99. The first kappa shape index (κ1) is 22.0. The van der Waals surface area contributed by atoms with E-state index in [2.05, 4.69) is 4.99 Å². The zero-order valence-corrected chi connectivity index (χ0v) is 19.3. The van der Waals surface area contributed by atoms with E-state index in [1.54, 1.807) is 12.1 Å². The summed E-state index contributed by atoms with van der Waals surface area (Å²) in [6.07, 6.45) is -0.0839. The Bertz CT molecular complexity index is 1240. The van der Waals surface area contributed by atoms with Crippen LogP contribution in [-0.4, -0.2) is 50.5 Å². The summed E-state index contributed by atoms with van der Waals surface area (Å²) in [7, 11) is -3.54. The standard InChI is InChI=1S/C21H26BFN2O5S/c1-13-7-9-14(10-8-13)31(26,27)25-12-15(22-29-20(2,3)21(4,5)30-22)17-18(28-6)16(23)11-24-19(17)25/h7-10,12,16H,11H2,1-6H3. The molecule has 1 atom stereocenters. The van der Waals surface area contributed by atoms with Gasteiger partial charge in [-0.3, -0.25) is 4.99 Å². The fraction of sp³-hybridized carbons (Fsp3) is 0.476. The average molecular weight is 448 g/mol. The largest absolute Gasteiger partial charge is 0.497 e. The Kier molecular flexibility index (Phi) is 5.11. The van der Waals surface area contributed by atoms with Gasteiger partial charge in [-0.15, -0.1) is 0 Å². The van der Waals surface area contributed by atoms with Gasteiger partial charge >= 0.3 is 7.12 Å². The number of benzene rings is 1. The van der Waals surface area contributed by atoms with Crippen LogP contribution in [-0.2, 0) is 24.1 Å². The Hall–Kier alpha value is -2.17. The zero-order chi connectivity index (χ0) is 22.8. The highest BCUT2D eigenvalue weighted by atomic mass is 32.2. The molecule has 10 heteroatoms. The number of aromatic nitrogens is 1. The van der Waals surface area contributed by atoms with Crippen molar-refractivity contribution in [1.29, 1.82) is 0 Å². The third-order valence-corrected chi connectivity index (χ3v) is 7.88. The van der Waals surface area contributed by atoms with Gasteiger partial charge in [0.05, 0.1) is 35.0 Å². The molecule has 0 aliphatic carbocycles. The SMILES string of the molecule is COC1=c2c(B3OC(C)(C)C(C)(C)O3)cn(S(=O)(=O)c3ccc(C)cc3)c2=NCC1F. The van der Waals surface area contributed by atoms with Gasteiger partial charge < -0.3 is 14.0 Å². The second-order valence-corrected chi connectivity index (χ2v) is 10.7. The number of ether oxygens (including phenoxy) is 1. The minimum Gasteiger partial charge on any atom is -0.497 e. The van der Waals surface area contributed by atoms with Crippen LogP contribution in [0, 0.1) is 6.92 Å². The van der Waals surface area contributed by atoms with Crippen LogP contribution in [0.4, 0.5) is 4.39 Å². The second kappa shape index (κ2) is 7.18. The van der Waals surface area contributed by atoms with Gasteiger partial charge in [0.2, 0.25) is 0 Å². The van der Waals surface area contributed by atoms with Crippen molar-refractivity contribution in [1.82, 2.24) is 3.97 Å². The number of aryl methyl sites for hydroxylation is 1. The lowest BCUT2D eigenvalue weighted by molar-refractivity contribution is 0.00578. The summed E-state index contributed by atoms with van der Waals surface area (Å²) in [4.78, 5) is 4.35. The molecule has 0 N–H and O–H groups in total. The fourth-order valence-electron chi connectivity index (χ4n) is 3.68. The first-order valence-corrected chi connectivity index (χ1v) is 11.5. The quantitative estimate of drug-likeness (QED) is 0.654. The molecule has 7 nitrogen and oxygen atoms in total. The third-order valence-electron chi connectivity index (χ3n) is 6.21. The van der Waals surface area contributed by atoms with Crippen LogP contribution in [0.1, 0.15) is 33.3 Å². The maximum absolute atomic E-state index is 14.7. The van der Waals surface area contributed by atoms with Crippen molar-refractivity contribution in [3.8, 4) is 0 Å². The highest BCUT2D eigenvalue weighted by Gasteiger charge is 2.53. The van der Waals surface area contributed by atoms with Gasteiger partial charge in [-0.2, -0.15) is 0 Å². The summed E-state index contributed by atoms with van der Waals surface area (Å²) in [5.41, 5.74) is 0.0995. The molecule has 0 bridgehead atoms. The lowest BCUT2D eigenvalue weighted by Gasteiger charge is -2.32. The van der Waals surface area contributed by atoms with Gasteiger partial charge in [-0.05, 0) is 46.8 Å². The molecule has 0 saturated carbocycles. The first-order valence-electron chi connectivity index (χ1n) is 10.0. The summed E-state index contributed by atoms with van der Waals surface area (Å²) in [5, 5.41) is 0.260. The van der Waals surface area contributed by atoms with Crippen LogP contribution < -0.4 is 16.2 Å². The molecular formula is C21H26BFN2O5S. The monoisotopic (exact) mass is 448 g/mol. The normalized spacial score (nSPS) is 22.2. The van der Waals surface area contributed by atoms with E-state index >= 15 is 0 Å². The molecule has 1 saturated heterocycles. The van der Waals surface area contributed by atoms with E-state index in [9.17, 15) is 12.8 Å². The number of alkyl halides is 1. The number of halogens is 1. The molecule has 2 aliphatic rings. The van der Waals surface area contributed by atoms with Gasteiger partial charge in [0.15, 0.2) is 11.7 Å². The van der Waals surface area contributed by atoms with E-state index in [0.29, 0.717) is 5.46 Å². The van der Waals surface area contributed by atoms with Crippen molar-refractivity contribution in [2.75, 3.05) is 13.7 Å². The molecule has 0 radical (unpaired) electrons. The van der Waals surface area contributed by atoms with Crippen molar-refractivity contribution >= 4 is 28.4 Å². The Labute approximate surface area is 181 Å². The van der Waals surface area contributed by atoms with Gasteiger partial charge in [0, 0.05) is 11.7 Å². The maximum Gasteiger partial charge on any atom is 0.497 e. The molecule has 2 aliphatic heterocycles. The Morgan fingerprint density at radius 1 is 1.16 bits per heavy atom. The maximum atomic E-state index is 14.7. The van der Waals surface area contributed by atoms with E-state index in [0.717, 1.165) is 9.54 Å². The van der Waals surface area contributed by atoms with E-state index in [-0.39, 0.29) is 27.9 Å². The number of methoxy groups -OCH3 is 1. The summed E-state index contributed by atoms with van der Waals surface area (Å²) < 4.78 is 60.3. The number of hydrogen-bond donors (Lipinski definition) is 0. The van der Waals surface area contributed by atoms with Crippen molar-refractivity contribution in [2.45, 2.75) is 56.9 Å². The molecule has 1 unspecified atom stereocenters. The summed E-state index contributed by atoms with van der Waals surface area (Å²) in [6, 6.07) is 6.51. The van der Waals surface area contributed by atoms with Crippen LogP contribution in [0.2, 0.25) is 0 Å². The Balaban J connectivity index is 1.98. The van der Waals surface area contributed by atoms with Crippen LogP contribution in [0.25, 0.3) is 5.76 Å². The highest BCUT2D eigenvalue weighted by Crippen LogP contribution is 2.36. The van der Waals surface area contributed by atoms with Crippen LogP contribution in [0.5, 0.6) is 0 Å². The molecule has 1 fully saturated rings. The second-order valence-electron chi connectivity index (χ2n) is 8.86. The smallest absolute Gasteiger partial charge is 0.497 e. The van der Waals surface area contributed by atoms with Crippen molar-refractivity contribution in [2.24, 2.45) is 4.99 Å². The molecule has 3 heterocycles. The summed E-state index contributed by atoms with van der Waals surface area (Å²) >= 11 is 0. The Morgan fingerprint density at radius 2 is 1.74 bits per heavy atom. The minimum absolute atomic E-state index is 0.0209. The van der Waals surface area contributed by atoms with Crippen molar-refractivity contribution in [3.05, 3.63) is 46.7 Å². The Morgan fingerprint density at radius 3 is 2.29 bits per heavy atom. The molecule has 0 amide bonds. The van der Waals surface area contributed by atoms with Crippen LogP contribution in [0.15, 0.2) is 40.4 Å². The lowest BCUT2D eigenvalue weighted by Crippen LogP contribution is -2.51. The number of hydrogen-bond acceptors (Lipinski definition) is 6.